The van der Waals surface area contributed by atoms with Crippen molar-refractivity contribution in [1.82, 2.24) is 9.55 Å². The molecule has 0 radical (unpaired) electrons. The molecule has 0 fully saturated rings. The van der Waals surface area contributed by atoms with Gasteiger partial charge in [-0.05, 0) is 42.3 Å². The smallest absolute Gasteiger partial charge is 0.137 e. The Hall–Kier alpha value is -1.39. The molecule has 1 aromatic heterocycles. The minimum atomic E-state index is 0.139. The van der Waals surface area contributed by atoms with E-state index in [4.69, 9.17) is 51.1 Å². The van der Waals surface area contributed by atoms with Gasteiger partial charge in [0.15, 0.2) is 0 Å². The Bertz CT molecular complexity index is 868. The van der Waals surface area contributed by atoms with Crippen molar-refractivity contribution in [2.75, 3.05) is 6.61 Å². The van der Waals surface area contributed by atoms with Gasteiger partial charge in [-0.1, -0.05) is 52.5 Å². The average molecular weight is 430 g/mol. The second-order valence-electron chi connectivity index (χ2n) is 5.83. The molecule has 0 saturated heterocycles. The number of hydrogen-bond acceptors (Lipinski definition) is 2. The van der Waals surface area contributed by atoms with Crippen molar-refractivity contribution in [2.45, 2.75) is 18.9 Å². The Balaban J connectivity index is 1.73. The van der Waals surface area contributed by atoms with Crippen LogP contribution in [0.2, 0.25) is 20.1 Å². The largest absolute Gasteiger partial charge is 0.492 e. The van der Waals surface area contributed by atoms with Gasteiger partial charge in [0.05, 0.1) is 18.0 Å². The molecule has 3 aromatic rings. The molecule has 3 rings (SSSR count). The first-order chi connectivity index (χ1) is 12.5. The second-order valence-corrected chi connectivity index (χ2v) is 7.52. The summed E-state index contributed by atoms with van der Waals surface area (Å²) in [7, 11) is 0. The van der Waals surface area contributed by atoms with Crippen LogP contribution in [0.15, 0.2) is 55.1 Å². The second kappa shape index (κ2) is 9.01. The quantitative estimate of drug-likeness (QED) is 0.415. The fraction of sp³-hybridized carbons (Fsp3) is 0.211. The Labute approximate surface area is 172 Å². The topological polar surface area (TPSA) is 27.1 Å². The lowest BCUT2D eigenvalue weighted by atomic mass is 9.95. The van der Waals surface area contributed by atoms with E-state index in [0.717, 1.165) is 18.5 Å². The number of aromatic nitrogens is 2. The molecule has 0 bridgehead atoms. The first kappa shape index (κ1) is 19.4. The van der Waals surface area contributed by atoms with Gasteiger partial charge in [-0.3, -0.25) is 0 Å². The number of ether oxygens (including phenoxy) is 1. The fourth-order valence-corrected chi connectivity index (χ4v) is 3.76. The van der Waals surface area contributed by atoms with Gasteiger partial charge in [-0.2, -0.15) is 0 Å². The lowest BCUT2D eigenvalue weighted by Gasteiger charge is -2.20. The Kier molecular flexibility index (Phi) is 6.71. The summed E-state index contributed by atoms with van der Waals surface area (Å²) < 4.78 is 7.86. The van der Waals surface area contributed by atoms with E-state index < -0.39 is 0 Å². The van der Waals surface area contributed by atoms with Crippen LogP contribution in [-0.4, -0.2) is 16.2 Å². The molecule has 2 aromatic carbocycles. The molecule has 0 N–H and O–H groups in total. The minimum absolute atomic E-state index is 0.139. The van der Waals surface area contributed by atoms with Gasteiger partial charge < -0.3 is 9.30 Å². The van der Waals surface area contributed by atoms with E-state index in [1.807, 2.05) is 22.9 Å². The van der Waals surface area contributed by atoms with Crippen molar-refractivity contribution in [3.05, 3.63) is 80.8 Å². The van der Waals surface area contributed by atoms with Crippen LogP contribution in [0.1, 0.15) is 17.9 Å². The standard InChI is InChI=1S/C19H16Cl4N2O/c20-14-1-3-16(17(22)9-14)13(11-25-7-6-24-12-25)5-8-26-19-4-2-15(21)10-18(19)23/h1-4,6-7,9-10,12-13H,5,8,11H2/t13-/m0/s1. The lowest BCUT2D eigenvalue weighted by molar-refractivity contribution is 0.291. The molecule has 0 aliphatic rings. The van der Waals surface area contributed by atoms with Gasteiger partial charge >= 0.3 is 0 Å². The number of benzene rings is 2. The highest BCUT2D eigenvalue weighted by Gasteiger charge is 2.17. The lowest BCUT2D eigenvalue weighted by Crippen LogP contribution is -2.13. The first-order valence-electron chi connectivity index (χ1n) is 8.01. The molecule has 0 spiro atoms. The normalized spacial score (nSPS) is 12.2. The molecule has 0 aliphatic carbocycles. The Morgan fingerprint density at radius 2 is 1.69 bits per heavy atom. The third-order valence-corrected chi connectivity index (χ3v) is 5.10. The highest BCUT2D eigenvalue weighted by atomic mass is 35.5. The zero-order valence-electron chi connectivity index (χ0n) is 13.7. The van der Waals surface area contributed by atoms with Crippen molar-refractivity contribution >= 4 is 46.4 Å². The van der Waals surface area contributed by atoms with Crippen molar-refractivity contribution in [2.24, 2.45) is 0 Å². The number of hydrogen-bond donors (Lipinski definition) is 0. The van der Waals surface area contributed by atoms with E-state index in [1.54, 1.807) is 36.8 Å². The third-order valence-electron chi connectivity index (χ3n) is 4.01. The van der Waals surface area contributed by atoms with Crippen LogP contribution in [0.4, 0.5) is 0 Å². The summed E-state index contributed by atoms with van der Waals surface area (Å²) in [6, 6.07) is 10.8. The van der Waals surface area contributed by atoms with Gasteiger partial charge in [0.1, 0.15) is 5.75 Å². The molecule has 1 atom stereocenters. The molecule has 0 unspecified atom stereocenters. The van der Waals surface area contributed by atoms with Gasteiger partial charge in [0, 0.05) is 39.9 Å². The van der Waals surface area contributed by atoms with E-state index in [0.29, 0.717) is 32.4 Å². The summed E-state index contributed by atoms with van der Waals surface area (Å²) in [4.78, 5) is 4.10. The molecule has 3 nitrogen and oxygen atoms in total. The van der Waals surface area contributed by atoms with E-state index in [9.17, 15) is 0 Å². The minimum Gasteiger partial charge on any atom is -0.492 e. The van der Waals surface area contributed by atoms with Gasteiger partial charge in [0.25, 0.3) is 0 Å². The maximum absolute atomic E-state index is 6.42. The summed E-state index contributed by atoms with van der Waals surface area (Å²) in [6.07, 6.45) is 6.21. The molecule has 136 valence electrons. The fourth-order valence-electron chi connectivity index (χ4n) is 2.73. The molecule has 26 heavy (non-hydrogen) atoms. The summed E-state index contributed by atoms with van der Waals surface area (Å²) in [6.45, 7) is 1.22. The monoisotopic (exact) mass is 428 g/mol. The van der Waals surface area contributed by atoms with E-state index in [2.05, 4.69) is 4.98 Å². The van der Waals surface area contributed by atoms with Crippen LogP contribution in [0, 0.1) is 0 Å². The summed E-state index contributed by atoms with van der Waals surface area (Å²) >= 11 is 24.5. The highest BCUT2D eigenvalue weighted by molar-refractivity contribution is 6.35. The Morgan fingerprint density at radius 1 is 0.962 bits per heavy atom. The van der Waals surface area contributed by atoms with Crippen LogP contribution in [0.25, 0.3) is 0 Å². The predicted molar refractivity (Wildman–Crippen MR) is 108 cm³/mol. The van der Waals surface area contributed by atoms with Gasteiger partial charge in [0.2, 0.25) is 0 Å². The van der Waals surface area contributed by atoms with Crippen LogP contribution < -0.4 is 4.74 Å². The van der Waals surface area contributed by atoms with Gasteiger partial charge in [-0.25, -0.2) is 4.98 Å². The molecular weight excluding hydrogens is 414 g/mol. The van der Waals surface area contributed by atoms with E-state index in [1.165, 1.54) is 0 Å². The number of halogens is 4. The average Bonchev–Trinajstić information content (AvgIpc) is 3.09. The van der Waals surface area contributed by atoms with Crippen LogP contribution in [0.5, 0.6) is 5.75 Å². The van der Waals surface area contributed by atoms with E-state index >= 15 is 0 Å². The third kappa shape index (κ3) is 5.08. The maximum Gasteiger partial charge on any atom is 0.137 e. The molecule has 1 heterocycles. The van der Waals surface area contributed by atoms with Crippen molar-refractivity contribution < 1.29 is 4.74 Å². The predicted octanol–water partition coefficient (Wildman–Crippen LogP) is 6.75. The van der Waals surface area contributed by atoms with E-state index in [-0.39, 0.29) is 5.92 Å². The summed E-state index contributed by atoms with van der Waals surface area (Å²) in [5.41, 5.74) is 1.02. The number of rotatable bonds is 7. The summed E-state index contributed by atoms with van der Waals surface area (Å²) in [5, 5.41) is 2.33. The van der Waals surface area contributed by atoms with Crippen molar-refractivity contribution in [3.8, 4) is 5.75 Å². The number of nitrogens with zero attached hydrogens (tertiary/aromatic N) is 2. The number of imidazole rings is 1. The van der Waals surface area contributed by atoms with Crippen LogP contribution in [-0.2, 0) is 6.54 Å². The molecule has 0 saturated carbocycles. The first-order valence-corrected chi connectivity index (χ1v) is 9.52. The molecular formula is C19H16Cl4N2O. The molecule has 0 amide bonds. The zero-order valence-corrected chi connectivity index (χ0v) is 16.7. The zero-order chi connectivity index (χ0) is 18.5. The Morgan fingerprint density at radius 3 is 2.35 bits per heavy atom. The maximum atomic E-state index is 6.42. The molecule has 0 aliphatic heterocycles. The van der Waals surface area contributed by atoms with Crippen LogP contribution in [0.3, 0.4) is 0 Å². The SMILES string of the molecule is Clc1ccc(OCC[C@@H](Cn2ccnc2)c2ccc(Cl)cc2Cl)c(Cl)c1. The van der Waals surface area contributed by atoms with Crippen molar-refractivity contribution in [1.29, 1.82) is 0 Å². The van der Waals surface area contributed by atoms with Crippen LogP contribution >= 0.6 is 46.4 Å². The van der Waals surface area contributed by atoms with Gasteiger partial charge in [-0.15, -0.1) is 0 Å². The molecule has 7 heteroatoms. The van der Waals surface area contributed by atoms with Crippen molar-refractivity contribution in [3.63, 3.8) is 0 Å². The highest BCUT2D eigenvalue weighted by Crippen LogP contribution is 2.32. The summed E-state index contributed by atoms with van der Waals surface area (Å²) in [5.74, 6) is 0.750.